The van der Waals surface area contributed by atoms with E-state index in [2.05, 4.69) is 0 Å². The van der Waals surface area contributed by atoms with Gasteiger partial charge in [0.1, 0.15) is 0 Å². The van der Waals surface area contributed by atoms with Gasteiger partial charge in [-0.15, -0.1) is 0 Å². The van der Waals surface area contributed by atoms with Gasteiger partial charge in [0.15, 0.2) is 0 Å². The smallest absolute Gasteiger partial charge is 1.00 e. The van der Waals surface area contributed by atoms with E-state index in [4.69, 9.17) is 121 Å². The van der Waals surface area contributed by atoms with E-state index >= 15 is 0 Å². The van der Waals surface area contributed by atoms with Gasteiger partial charge < -0.3 is 122 Å². The van der Waals surface area contributed by atoms with Gasteiger partial charge in [0, 0.05) is 0 Å². The zero-order valence-electron chi connectivity index (χ0n) is 17.4. The fraction of sp³-hybridized carbons (Fsp3) is 0. The first-order chi connectivity index (χ1) is 13.9. The third-order valence-corrected chi connectivity index (χ3v) is 0. The molecule has 0 aromatic rings. The molecule has 33 heavy (non-hydrogen) atoms. The first-order valence-corrected chi connectivity index (χ1v) is 6.20. The molecule has 24 N–H and O–H groups in total. The van der Waals surface area contributed by atoms with Crippen LogP contribution in [0.25, 0.3) is 0 Å². The average Bonchev–Trinajstić information content (AvgIpc) is 2.30. The molecule has 0 aromatic heterocycles. The standard InChI is InChI=1S/8BH3O3.Na.H/c8*2-1(3)4;;/h8*2-4H;;/q;;;;;;;;+1;-1. The minimum absolute atomic E-state index is 0. The van der Waals surface area contributed by atoms with Gasteiger partial charge in [0.2, 0.25) is 0 Å². The Balaban J connectivity index is -0.0000000240. The number of hydrogen-bond donors (Lipinski definition) is 24. The van der Waals surface area contributed by atoms with Gasteiger partial charge >= 0.3 is 88.1 Å². The van der Waals surface area contributed by atoms with Crippen molar-refractivity contribution >= 4 is 58.6 Å². The molecule has 0 aliphatic carbocycles. The van der Waals surface area contributed by atoms with Crippen LogP contribution in [-0.2, 0) is 0 Å². The number of rotatable bonds is 0. The van der Waals surface area contributed by atoms with Crippen molar-refractivity contribution in [1.82, 2.24) is 0 Å². The third-order valence-electron chi connectivity index (χ3n) is 0. The van der Waals surface area contributed by atoms with Crippen molar-refractivity contribution in [1.29, 1.82) is 0 Å². The molecule has 0 atom stereocenters. The Morgan fingerprint density at radius 1 is 0.182 bits per heavy atom. The molecule has 33 heteroatoms. The van der Waals surface area contributed by atoms with E-state index in [9.17, 15) is 0 Å². The maximum Gasteiger partial charge on any atom is 1.00 e. The van der Waals surface area contributed by atoms with Crippen LogP contribution in [0.1, 0.15) is 1.43 Å². The van der Waals surface area contributed by atoms with Gasteiger partial charge in [-0.05, 0) is 0 Å². The van der Waals surface area contributed by atoms with Crippen LogP contribution in [0.4, 0.5) is 0 Å². The van der Waals surface area contributed by atoms with E-state index in [1.807, 2.05) is 0 Å². The molecule has 0 radical (unpaired) electrons. The van der Waals surface area contributed by atoms with E-state index in [0.29, 0.717) is 0 Å². The second kappa shape index (κ2) is 53.8. The van der Waals surface area contributed by atoms with Gasteiger partial charge in [-0.2, -0.15) is 0 Å². The monoisotopic (exact) mass is 520 g/mol. The molecule has 0 aliphatic heterocycles. The van der Waals surface area contributed by atoms with Crippen LogP contribution in [-0.4, -0.2) is 179 Å². The van der Waals surface area contributed by atoms with Crippen molar-refractivity contribution < 1.29 is 152 Å². The minimum Gasteiger partial charge on any atom is -1.00 e. The Bertz CT molecular complexity index is 149. The maximum atomic E-state index is 7.17. The molecule has 0 fully saturated rings. The first kappa shape index (κ1) is 59.0. The van der Waals surface area contributed by atoms with Crippen molar-refractivity contribution in [2.75, 3.05) is 0 Å². The van der Waals surface area contributed by atoms with E-state index in [1.165, 1.54) is 0 Å². The molecule has 0 rings (SSSR count). The second-order valence-electron chi connectivity index (χ2n) is 2.77. The molecular weight excluding hydrogens is 493 g/mol. The summed E-state index contributed by atoms with van der Waals surface area (Å²) in [7, 11) is -17.3. The maximum absolute atomic E-state index is 7.17. The molecule has 0 heterocycles. The van der Waals surface area contributed by atoms with Gasteiger partial charge in [-0.1, -0.05) is 0 Å². The summed E-state index contributed by atoms with van der Waals surface area (Å²) in [6.45, 7) is 0. The Kier molecular flexibility index (Phi) is 96.1. The summed E-state index contributed by atoms with van der Waals surface area (Å²) in [6, 6.07) is 0. The normalized spacial score (nSPS) is 6.55. The van der Waals surface area contributed by atoms with Crippen LogP contribution >= 0.6 is 0 Å². The minimum atomic E-state index is -2.17. The van der Waals surface area contributed by atoms with Gasteiger partial charge in [-0.25, -0.2) is 0 Å². The predicted molar refractivity (Wildman–Crippen MR) is 100 cm³/mol. The molecule has 194 valence electrons. The van der Waals surface area contributed by atoms with E-state index in [1.54, 1.807) is 0 Å². The van der Waals surface area contributed by atoms with Gasteiger partial charge in [-0.3, -0.25) is 0 Å². The molecule has 0 saturated carbocycles. The van der Waals surface area contributed by atoms with Crippen molar-refractivity contribution in [3.8, 4) is 0 Å². The predicted octanol–water partition coefficient (Wildman–Crippen LogP) is -19.3. The van der Waals surface area contributed by atoms with Gasteiger partial charge in [0.25, 0.3) is 0 Å². The molecule has 0 bridgehead atoms. The Morgan fingerprint density at radius 2 is 0.182 bits per heavy atom. The summed E-state index contributed by atoms with van der Waals surface area (Å²) in [5.41, 5.74) is 0. The van der Waals surface area contributed by atoms with Crippen LogP contribution in [0, 0.1) is 0 Å². The molecule has 0 spiro atoms. The van der Waals surface area contributed by atoms with Crippen molar-refractivity contribution in [3.05, 3.63) is 0 Å². The molecule has 0 aliphatic rings. The quantitative estimate of drug-likeness (QED) is 0.132. The summed E-state index contributed by atoms with van der Waals surface area (Å²) in [5, 5.41) is 172. The average molecular weight is 519 g/mol. The fourth-order valence-corrected chi connectivity index (χ4v) is 0. The molecule has 0 unspecified atom stereocenters. The first-order valence-electron chi connectivity index (χ1n) is 6.20. The third kappa shape index (κ3) is 97100. The Morgan fingerprint density at radius 3 is 0.182 bits per heavy atom. The topological polar surface area (TPSA) is 486 Å². The van der Waals surface area contributed by atoms with Crippen LogP contribution < -0.4 is 29.6 Å². The molecular formula is H25B8NaO24. The molecule has 0 saturated heterocycles. The number of hydrogen-bond acceptors (Lipinski definition) is 24. The summed E-state index contributed by atoms with van der Waals surface area (Å²) < 4.78 is 0. The summed E-state index contributed by atoms with van der Waals surface area (Å²) in [5.74, 6) is 0. The van der Waals surface area contributed by atoms with Crippen molar-refractivity contribution in [2.24, 2.45) is 0 Å². The van der Waals surface area contributed by atoms with E-state index in [-0.39, 0.29) is 31.0 Å². The molecule has 0 aromatic carbocycles. The fourth-order valence-electron chi connectivity index (χ4n) is 0. The molecule has 0 amide bonds. The largest absolute Gasteiger partial charge is 1.00 e. The molecule has 24 nitrogen and oxygen atoms in total. The SMILES string of the molecule is OB(O)O.OB(O)O.OB(O)O.OB(O)O.OB(O)O.OB(O)O.OB(O)O.OB(O)O.[H-].[Na+]. The zero-order valence-corrected chi connectivity index (χ0v) is 18.4. The Hall–Kier alpha value is 0.559. The van der Waals surface area contributed by atoms with Crippen molar-refractivity contribution in [3.63, 3.8) is 0 Å². The zero-order chi connectivity index (χ0) is 28.6. The summed E-state index contributed by atoms with van der Waals surface area (Å²) in [6.07, 6.45) is 0. The van der Waals surface area contributed by atoms with Crippen LogP contribution in [0.5, 0.6) is 0 Å². The van der Waals surface area contributed by atoms with Crippen LogP contribution in [0.2, 0.25) is 0 Å². The van der Waals surface area contributed by atoms with Crippen molar-refractivity contribution in [2.45, 2.75) is 0 Å². The van der Waals surface area contributed by atoms with Crippen LogP contribution in [0.3, 0.4) is 0 Å². The Labute approximate surface area is 210 Å². The summed E-state index contributed by atoms with van der Waals surface area (Å²) >= 11 is 0. The van der Waals surface area contributed by atoms with Crippen LogP contribution in [0.15, 0.2) is 0 Å². The second-order valence-corrected chi connectivity index (χ2v) is 2.77. The van der Waals surface area contributed by atoms with E-state index in [0.717, 1.165) is 0 Å². The van der Waals surface area contributed by atoms with Gasteiger partial charge in [0.05, 0.1) is 0 Å². The summed E-state index contributed by atoms with van der Waals surface area (Å²) in [4.78, 5) is 0. The van der Waals surface area contributed by atoms with E-state index < -0.39 is 58.6 Å².